The Kier molecular flexibility index (Phi) is 3.97. The van der Waals surface area contributed by atoms with E-state index in [2.05, 4.69) is 5.32 Å². The molecule has 0 unspecified atom stereocenters. The van der Waals surface area contributed by atoms with Crippen molar-refractivity contribution < 1.29 is 14.3 Å². The van der Waals surface area contributed by atoms with Crippen molar-refractivity contribution in [2.24, 2.45) is 0 Å². The number of fused-ring (bicyclic) bond motifs is 1. The summed E-state index contributed by atoms with van der Waals surface area (Å²) in [6.07, 6.45) is 0. The maximum Gasteiger partial charge on any atom is 0.251 e. The second kappa shape index (κ2) is 6.06. The SMILES string of the molecule is O=C(NCc1ccc2c(c1)OCCO2)c1cccc(Cl)c1. The Balaban J connectivity index is 1.66. The zero-order chi connectivity index (χ0) is 14.7. The molecule has 0 radical (unpaired) electrons. The van der Waals surface area contributed by atoms with E-state index in [9.17, 15) is 4.79 Å². The second-order valence-corrected chi connectivity index (χ2v) is 5.11. The smallest absolute Gasteiger partial charge is 0.251 e. The molecule has 1 aliphatic rings. The topological polar surface area (TPSA) is 47.6 Å². The quantitative estimate of drug-likeness (QED) is 0.948. The largest absolute Gasteiger partial charge is 0.486 e. The molecular weight excluding hydrogens is 290 g/mol. The van der Waals surface area contributed by atoms with Crippen molar-refractivity contribution in [3.63, 3.8) is 0 Å². The third-order valence-corrected chi connectivity index (χ3v) is 3.38. The van der Waals surface area contributed by atoms with E-state index in [-0.39, 0.29) is 5.91 Å². The number of ether oxygens (including phenoxy) is 2. The van der Waals surface area contributed by atoms with Crippen molar-refractivity contribution in [1.82, 2.24) is 5.32 Å². The summed E-state index contributed by atoms with van der Waals surface area (Å²) < 4.78 is 11.0. The summed E-state index contributed by atoms with van der Waals surface area (Å²) in [5, 5.41) is 3.40. The van der Waals surface area contributed by atoms with E-state index in [0.717, 1.165) is 17.1 Å². The fraction of sp³-hybridized carbons (Fsp3) is 0.188. The van der Waals surface area contributed by atoms with Crippen LogP contribution in [0.25, 0.3) is 0 Å². The molecular formula is C16H14ClNO3. The minimum atomic E-state index is -0.160. The Labute approximate surface area is 127 Å². The van der Waals surface area contributed by atoms with Crippen molar-refractivity contribution in [1.29, 1.82) is 0 Å². The fourth-order valence-electron chi connectivity index (χ4n) is 2.11. The molecule has 0 bridgehead atoms. The predicted octanol–water partition coefficient (Wildman–Crippen LogP) is 3.04. The van der Waals surface area contributed by atoms with Gasteiger partial charge in [0.2, 0.25) is 0 Å². The summed E-state index contributed by atoms with van der Waals surface area (Å²) in [5.41, 5.74) is 1.50. The highest BCUT2D eigenvalue weighted by Crippen LogP contribution is 2.30. The van der Waals surface area contributed by atoms with Crippen LogP contribution in [0.15, 0.2) is 42.5 Å². The van der Waals surface area contributed by atoms with Gasteiger partial charge in [0.25, 0.3) is 5.91 Å². The highest BCUT2D eigenvalue weighted by atomic mass is 35.5. The van der Waals surface area contributed by atoms with Gasteiger partial charge >= 0.3 is 0 Å². The van der Waals surface area contributed by atoms with E-state index >= 15 is 0 Å². The van der Waals surface area contributed by atoms with Crippen LogP contribution in [-0.2, 0) is 6.54 Å². The lowest BCUT2D eigenvalue weighted by molar-refractivity contribution is 0.0951. The van der Waals surface area contributed by atoms with E-state index in [1.165, 1.54) is 0 Å². The lowest BCUT2D eigenvalue weighted by Gasteiger charge is -2.19. The zero-order valence-corrected chi connectivity index (χ0v) is 12.0. The molecule has 1 aliphatic heterocycles. The predicted molar refractivity (Wildman–Crippen MR) is 80.1 cm³/mol. The van der Waals surface area contributed by atoms with Gasteiger partial charge < -0.3 is 14.8 Å². The summed E-state index contributed by atoms with van der Waals surface area (Å²) in [4.78, 5) is 12.0. The number of carbonyl (C=O) groups is 1. The number of rotatable bonds is 3. The van der Waals surface area contributed by atoms with Crippen molar-refractivity contribution in [2.45, 2.75) is 6.54 Å². The molecule has 0 saturated heterocycles. The first-order valence-electron chi connectivity index (χ1n) is 6.65. The van der Waals surface area contributed by atoms with E-state index < -0.39 is 0 Å². The summed E-state index contributed by atoms with van der Waals surface area (Å²) in [5.74, 6) is 1.30. The number of hydrogen-bond acceptors (Lipinski definition) is 3. The van der Waals surface area contributed by atoms with Crippen LogP contribution < -0.4 is 14.8 Å². The third-order valence-electron chi connectivity index (χ3n) is 3.15. The monoisotopic (exact) mass is 303 g/mol. The van der Waals surface area contributed by atoms with Gasteiger partial charge in [-0.1, -0.05) is 23.7 Å². The van der Waals surface area contributed by atoms with Gasteiger partial charge in [0.1, 0.15) is 13.2 Å². The molecule has 1 N–H and O–H groups in total. The molecule has 4 nitrogen and oxygen atoms in total. The van der Waals surface area contributed by atoms with Crippen LogP contribution in [0.3, 0.4) is 0 Å². The number of amides is 1. The Bertz CT molecular complexity index is 672. The normalized spacial score (nSPS) is 12.8. The lowest BCUT2D eigenvalue weighted by atomic mass is 10.1. The van der Waals surface area contributed by atoms with Crippen LogP contribution in [0, 0.1) is 0 Å². The Morgan fingerprint density at radius 2 is 1.90 bits per heavy atom. The van der Waals surface area contributed by atoms with Crippen LogP contribution in [-0.4, -0.2) is 19.1 Å². The molecule has 0 saturated carbocycles. The minimum Gasteiger partial charge on any atom is -0.486 e. The number of hydrogen-bond donors (Lipinski definition) is 1. The first-order valence-corrected chi connectivity index (χ1v) is 7.02. The van der Waals surface area contributed by atoms with Gasteiger partial charge in [-0.05, 0) is 35.9 Å². The van der Waals surface area contributed by atoms with Crippen molar-refractivity contribution in [3.8, 4) is 11.5 Å². The zero-order valence-electron chi connectivity index (χ0n) is 11.3. The van der Waals surface area contributed by atoms with Crippen molar-refractivity contribution >= 4 is 17.5 Å². The van der Waals surface area contributed by atoms with Gasteiger partial charge in [-0.25, -0.2) is 0 Å². The molecule has 3 rings (SSSR count). The molecule has 21 heavy (non-hydrogen) atoms. The van der Waals surface area contributed by atoms with Crippen LogP contribution in [0.5, 0.6) is 11.5 Å². The molecule has 1 heterocycles. The molecule has 0 aliphatic carbocycles. The van der Waals surface area contributed by atoms with Crippen LogP contribution in [0.4, 0.5) is 0 Å². The molecule has 2 aromatic rings. The van der Waals surface area contributed by atoms with E-state index in [1.54, 1.807) is 24.3 Å². The second-order valence-electron chi connectivity index (χ2n) is 4.67. The van der Waals surface area contributed by atoms with Gasteiger partial charge in [0.15, 0.2) is 11.5 Å². The summed E-state index contributed by atoms with van der Waals surface area (Å²) in [6.45, 7) is 1.53. The number of nitrogens with one attached hydrogen (secondary N) is 1. The standard InChI is InChI=1S/C16H14ClNO3/c17-13-3-1-2-12(9-13)16(19)18-10-11-4-5-14-15(8-11)21-7-6-20-14/h1-5,8-9H,6-7,10H2,(H,18,19). The Morgan fingerprint density at radius 1 is 1.10 bits per heavy atom. The first-order chi connectivity index (χ1) is 10.2. The molecule has 0 aromatic heterocycles. The Hall–Kier alpha value is -2.20. The molecule has 2 aromatic carbocycles. The third kappa shape index (κ3) is 3.28. The number of benzene rings is 2. The van der Waals surface area contributed by atoms with Gasteiger partial charge in [-0.15, -0.1) is 0 Å². The highest BCUT2D eigenvalue weighted by molar-refractivity contribution is 6.30. The van der Waals surface area contributed by atoms with Crippen molar-refractivity contribution in [2.75, 3.05) is 13.2 Å². The molecule has 0 fully saturated rings. The first kappa shape index (κ1) is 13.8. The van der Waals surface area contributed by atoms with E-state index in [0.29, 0.717) is 30.3 Å². The van der Waals surface area contributed by atoms with Crippen LogP contribution in [0.2, 0.25) is 5.02 Å². The van der Waals surface area contributed by atoms with Gasteiger partial charge in [0, 0.05) is 17.1 Å². The minimum absolute atomic E-state index is 0.160. The van der Waals surface area contributed by atoms with Crippen LogP contribution in [0.1, 0.15) is 15.9 Å². The molecule has 0 atom stereocenters. The maximum atomic E-state index is 12.0. The summed E-state index contributed by atoms with van der Waals surface area (Å²) >= 11 is 5.88. The van der Waals surface area contributed by atoms with E-state index in [4.69, 9.17) is 21.1 Å². The maximum absolute atomic E-state index is 12.0. The lowest BCUT2D eigenvalue weighted by Crippen LogP contribution is -2.23. The highest BCUT2D eigenvalue weighted by Gasteiger charge is 2.12. The average molecular weight is 304 g/mol. The van der Waals surface area contributed by atoms with Gasteiger partial charge in [-0.2, -0.15) is 0 Å². The molecule has 1 amide bonds. The molecule has 5 heteroatoms. The fourth-order valence-corrected chi connectivity index (χ4v) is 2.30. The number of carbonyl (C=O) groups excluding carboxylic acids is 1. The van der Waals surface area contributed by atoms with Gasteiger partial charge in [-0.3, -0.25) is 4.79 Å². The van der Waals surface area contributed by atoms with E-state index in [1.807, 2.05) is 18.2 Å². The van der Waals surface area contributed by atoms with Crippen molar-refractivity contribution in [3.05, 3.63) is 58.6 Å². The summed E-state index contributed by atoms with van der Waals surface area (Å²) in [7, 11) is 0. The number of halogens is 1. The molecule has 108 valence electrons. The average Bonchev–Trinajstić information content (AvgIpc) is 2.52. The van der Waals surface area contributed by atoms with Gasteiger partial charge in [0.05, 0.1) is 0 Å². The Morgan fingerprint density at radius 3 is 2.71 bits per heavy atom. The van der Waals surface area contributed by atoms with Crippen LogP contribution >= 0.6 is 11.6 Å². The summed E-state index contributed by atoms with van der Waals surface area (Å²) in [6, 6.07) is 12.5. The molecule has 0 spiro atoms.